The topological polar surface area (TPSA) is 305 Å². The molecule has 24 nitrogen and oxygen atoms in total. The van der Waals surface area contributed by atoms with Gasteiger partial charge in [0.05, 0.1) is 69.5 Å². The number of fused-ring (bicyclic) bond motifs is 9. The highest BCUT2D eigenvalue weighted by molar-refractivity contribution is 6.17. The number of pyridine rings is 6. The highest BCUT2D eigenvalue weighted by atomic mass is 16.5. The number of nitrogens with zero attached hydrogens (tertiary/aromatic N) is 6. The lowest BCUT2D eigenvalue weighted by atomic mass is 10.1. The number of anilines is 5. The Kier molecular flexibility index (Phi) is 23.3. The fraction of sp³-hybridized carbons (Fsp3) is 0.294. The first kappa shape index (κ1) is 76.1. The molecule has 24 heteroatoms. The molecule has 0 saturated carbocycles. The molecule has 109 heavy (non-hydrogen) atoms. The number of esters is 1. The highest BCUT2D eigenvalue weighted by Gasteiger charge is 2.27. The fourth-order valence-electron chi connectivity index (χ4n) is 11.6. The summed E-state index contributed by atoms with van der Waals surface area (Å²) >= 11 is 0. The maximum atomic E-state index is 15.0. The zero-order valence-electron chi connectivity index (χ0n) is 63.1. The van der Waals surface area contributed by atoms with Crippen molar-refractivity contribution in [3.8, 4) is 34.5 Å². The van der Waals surface area contributed by atoms with Gasteiger partial charge in [-0.2, -0.15) is 0 Å². The number of nitrogens with one attached hydrogen (secondary N) is 5. The summed E-state index contributed by atoms with van der Waals surface area (Å²) in [5.74, 6) is -1.19. The third-order valence-electron chi connectivity index (χ3n) is 16.9. The van der Waals surface area contributed by atoms with Crippen LogP contribution in [0.25, 0.3) is 65.4 Å². The molecule has 560 valence electrons. The number of benzene rings is 6. The molecule has 6 heterocycles. The summed E-state index contributed by atoms with van der Waals surface area (Å²) in [4.78, 5) is 116. The van der Waals surface area contributed by atoms with E-state index >= 15 is 4.79 Å². The van der Waals surface area contributed by atoms with Crippen molar-refractivity contribution in [3.63, 3.8) is 0 Å². The number of carbonyl (C=O) groups excluding carboxylic acids is 6. The minimum absolute atomic E-state index is 0.0194. The average molecular weight is 1470 g/mol. The minimum atomic E-state index is -0.692. The molecule has 5 N–H and O–H groups in total. The molecule has 6 aromatic heterocycles. The van der Waals surface area contributed by atoms with Crippen LogP contribution in [0.1, 0.15) is 146 Å². The first-order valence-electron chi connectivity index (χ1n) is 36.4. The van der Waals surface area contributed by atoms with Gasteiger partial charge in [-0.1, -0.05) is 126 Å². The van der Waals surface area contributed by atoms with Crippen LogP contribution in [-0.2, 0) is 4.74 Å². The molecule has 0 spiro atoms. The summed E-state index contributed by atoms with van der Waals surface area (Å²) in [6.07, 6.45) is 0. The van der Waals surface area contributed by atoms with Crippen molar-refractivity contribution in [2.75, 3.05) is 73.3 Å². The summed E-state index contributed by atoms with van der Waals surface area (Å²) in [7, 11) is 1.26. The lowest BCUT2D eigenvalue weighted by molar-refractivity contribution is 0.0593. The fourth-order valence-corrected chi connectivity index (χ4v) is 11.6. The Labute approximate surface area is 630 Å². The van der Waals surface area contributed by atoms with Gasteiger partial charge in [-0.3, -0.25) is 24.0 Å². The molecule has 6 aromatic carbocycles. The maximum absolute atomic E-state index is 15.0. The molecule has 0 atom stereocenters. The SMILES string of the molecule is COC(=O)c1cc(OCC(C)C)c2ccc3c(OCC(C)C)cc(C(=O)Nc4ccccc4NC(=O)c4cc(OCC(C)C)c5ccc6c(OCC(C)C)cc(C(=O)Nc7ccccc7NC(=O)c7cc(OCC(C)C)c8ccc9c(OCC(C)C)cc(C(=O)Nc%10ccccc%10)nc9c8n7)nc6c5n4)nc3c2n1. The molecule has 12 aromatic rings. The number of rotatable bonds is 29. The summed E-state index contributed by atoms with van der Waals surface area (Å²) in [6.45, 7) is 25.8. The molecule has 0 radical (unpaired) electrons. The Balaban J connectivity index is 0.876. The van der Waals surface area contributed by atoms with Crippen LogP contribution in [0.5, 0.6) is 34.5 Å². The van der Waals surface area contributed by atoms with E-state index in [9.17, 15) is 24.0 Å². The van der Waals surface area contributed by atoms with Crippen LogP contribution in [0.15, 0.2) is 152 Å². The summed E-state index contributed by atoms with van der Waals surface area (Å²) < 4.78 is 43.4. The van der Waals surface area contributed by atoms with E-state index in [-0.39, 0.29) is 133 Å². The second kappa shape index (κ2) is 33.5. The van der Waals surface area contributed by atoms with Gasteiger partial charge in [-0.05, 0) is 108 Å². The first-order chi connectivity index (χ1) is 52.4. The van der Waals surface area contributed by atoms with Gasteiger partial charge in [0.25, 0.3) is 29.5 Å². The summed E-state index contributed by atoms with van der Waals surface area (Å²) in [6, 6.07) is 42.5. The van der Waals surface area contributed by atoms with Crippen LogP contribution < -0.4 is 55.0 Å². The van der Waals surface area contributed by atoms with Crippen molar-refractivity contribution in [2.24, 2.45) is 35.5 Å². The van der Waals surface area contributed by atoms with Gasteiger partial charge in [0.15, 0.2) is 5.69 Å². The zero-order valence-corrected chi connectivity index (χ0v) is 63.1. The Bertz CT molecular complexity index is 5480. The van der Waals surface area contributed by atoms with Gasteiger partial charge in [0.1, 0.15) is 96.1 Å². The van der Waals surface area contributed by atoms with Gasteiger partial charge in [-0.25, -0.2) is 34.7 Å². The van der Waals surface area contributed by atoms with Gasteiger partial charge >= 0.3 is 5.97 Å². The van der Waals surface area contributed by atoms with Crippen molar-refractivity contribution >= 4 is 129 Å². The van der Waals surface area contributed by atoms with Crippen LogP contribution in [0, 0.1) is 35.5 Å². The first-order valence-corrected chi connectivity index (χ1v) is 36.4. The molecule has 5 amide bonds. The van der Waals surface area contributed by atoms with Gasteiger partial charge in [-0.15, -0.1) is 0 Å². The zero-order chi connectivity index (χ0) is 77.3. The molecule has 0 saturated heterocycles. The second-order valence-electron chi connectivity index (χ2n) is 29.1. The maximum Gasteiger partial charge on any atom is 0.356 e. The second-order valence-corrected chi connectivity index (χ2v) is 29.1. The predicted molar refractivity (Wildman–Crippen MR) is 424 cm³/mol. The molecule has 0 fully saturated rings. The van der Waals surface area contributed by atoms with Crippen molar-refractivity contribution in [1.29, 1.82) is 0 Å². The van der Waals surface area contributed by atoms with E-state index in [0.717, 1.165) is 0 Å². The summed E-state index contributed by atoms with van der Waals surface area (Å²) in [5.41, 5.74) is 2.63. The van der Waals surface area contributed by atoms with E-state index < -0.39 is 35.5 Å². The molecular weight excluding hydrogens is 1380 g/mol. The predicted octanol–water partition coefficient (Wildman–Crippen LogP) is 17.2. The van der Waals surface area contributed by atoms with E-state index in [4.69, 9.17) is 63.1 Å². The Morgan fingerprint density at radius 1 is 0.275 bits per heavy atom. The van der Waals surface area contributed by atoms with Crippen LogP contribution in [0.2, 0.25) is 0 Å². The molecule has 0 aliphatic heterocycles. The van der Waals surface area contributed by atoms with Crippen molar-refractivity contribution in [1.82, 2.24) is 29.9 Å². The lowest BCUT2D eigenvalue weighted by Crippen LogP contribution is -2.19. The average Bonchev–Trinajstić information content (AvgIpc) is 0.762. The van der Waals surface area contributed by atoms with Crippen molar-refractivity contribution in [2.45, 2.75) is 83.1 Å². The van der Waals surface area contributed by atoms with E-state index in [0.29, 0.717) is 104 Å². The number of para-hydroxylation sites is 5. The van der Waals surface area contributed by atoms with Gasteiger partial charge in [0.2, 0.25) is 0 Å². The van der Waals surface area contributed by atoms with Crippen molar-refractivity contribution in [3.05, 3.63) is 186 Å². The summed E-state index contributed by atoms with van der Waals surface area (Å²) in [5, 5.41) is 17.9. The van der Waals surface area contributed by atoms with E-state index in [1.165, 1.54) is 31.4 Å². The van der Waals surface area contributed by atoms with Crippen LogP contribution in [-0.4, -0.2) is 112 Å². The number of hydrogen-bond donors (Lipinski definition) is 5. The van der Waals surface area contributed by atoms with Crippen LogP contribution >= 0.6 is 0 Å². The third-order valence-corrected chi connectivity index (χ3v) is 16.9. The molecule has 0 bridgehead atoms. The van der Waals surface area contributed by atoms with Crippen molar-refractivity contribution < 1.29 is 61.9 Å². The monoisotopic (exact) mass is 1470 g/mol. The standard InChI is InChI=1S/C85H87N11O13/c1-45(2)39-104-68-33-62(80(97)86-51-21-15-14-16-22-51)87-74-52(68)27-28-53-69(105-40-46(3)4)34-63(88-75(53)74)81(98)93-58-23-17-18-24-59(58)94-82(99)64-35-70(106-41-47(5)6)54-29-30-55-71(107-42-48(7)8)36-65(90-77(55)76(54)89-64)83(100)95-60-25-19-20-26-61(60)96-84(101)66-37-72(108-43-49(9)10)56-31-32-57-73(109-44-50(11)12)38-67(85(102)103-13)92-79(57)78(56)91-66/h14-38,45-50H,39-44H2,1-13H3,(H,86,97)(H,93,98)(H,94,99)(H,95,100)(H,96,101). The van der Waals surface area contributed by atoms with E-state index in [2.05, 4.69) is 26.6 Å². The Hall–Kier alpha value is -12.6. The number of ether oxygens (including phenoxy) is 7. The van der Waals surface area contributed by atoms with Crippen LogP contribution in [0.4, 0.5) is 28.4 Å². The number of hydrogen-bond acceptors (Lipinski definition) is 19. The minimum Gasteiger partial charge on any atom is -0.493 e. The number of carbonyl (C=O) groups is 6. The largest absolute Gasteiger partial charge is 0.493 e. The van der Waals surface area contributed by atoms with E-state index in [1.54, 1.807) is 84.9 Å². The van der Waals surface area contributed by atoms with E-state index in [1.807, 2.05) is 126 Å². The quantitative estimate of drug-likeness (QED) is 0.0215. The lowest BCUT2D eigenvalue weighted by Gasteiger charge is -2.18. The Morgan fingerprint density at radius 3 is 0.697 bits per heavy atom. The highest BCUT2D eigenvalue weighted by Crippen LogP contribution is 2.41. The van der Waals surface area contributed by atoms with Gasteiger partial charge < -0.3 is 59.7 Å². The number of amides is 5. The Morgan fingerprint density at radius 2 is 0.477 bits per heavy atom. The number of methoxy groups -OCH3 is 1. The smallest absolute Gasteiger partial charge is 0.356 e. The van der Waals surface area contributed by atoms with Gasteiger partial charge in [0, 0.05) is 74.4 Å². The molecule has 12 rings (SSSR count). The molecular formula is C85H87N11O13. The third kappa shape index (κ3) is 17.8. The molecule has 0 aliphatic rings. The molecule has 0 unspecified atom stereocenters. The molecule has 0 aliphatic carbocycles. The normalized spacial score (nSPS) is 11.6. The number of aromatic nitrogens is 6. The van der Waals surface area contributed by atoms with Crippen LogP contribution in [0.3, 0.4) is 0 Å².